The molecule has 0 aliphatic heterocycles. The average Bonchev–Trinajstić information content (AvgIpc) is 2.39. The smallest absolute Gasteiger partial charge is 0.283 e. The molecule has 0 heterocycles. The third kappa shape index (κ3) is 2.75. The molecular formula is C13H9NO3S. The van der Waals surface area contributed by atoms with E-state index in [0.29, 0.717) is 16.7 Å². The Balaban J connectivity index is 2.41. The van der Waals surface area contributed by atoms with Crippen molar-refractivity contribution < 1.29 is 9.72 Å². The largest absolute Gasteiger partial charge is 0.298 e. The van der Waals surface area contributed by atoms with E-state index in [2.05, 4.69) is 0 Å². The van der Waals surface area contributed by atoms with Crippen LogP contribution in [0.2, 0.25) is 0 Å². The first-order valence-corrected chi connectivity index (χ1v) is 5.99. The van der Waals surface area contributed by atoms with Crippen LogP contribution in [0.4, 0.5) is 5.69 Å². The van der Waals surface area contributed by atoms with Crippen LogP contribution in [0.3, 0.4) is 0 Å². The van der Waals surface area contributed by atoms with Crippen LogP contribution in [0.25, 0.3) is 0 Å². The monoisotopic (exact) mass is 259 g/mol. The summed E-state index contributed by atoms with van der Waals surface area (Å²) >= 11 is 1.27. The molecule has 4 nitrogen and oxygen atoms in total. The summed E-state index contributed by atoms with van der Waals surface area (Å²) in [4.78, 5) is 22.5. The lowest BCUT2D eigenvalue weighted by Gasteiger charge is -2.03. The SMILES string of the molecule is O=Cc1ccc([N+](=O)[O-])c(Sc2ccccc2)c1. The summed E-state index contributed by atoms with van der Waals surface area (Å²) < 4.78 is 0. The Hall–Kier alpha value is -2.14. The molecule has 5 heteroatoms. The second-order valence-corrected chi connectivity index (χ2v) is 4.63. The van der Waals surface area contributed by atoms with Gasteiger partial charge in [-0.05, 0) is 24.3 Å². The first-order chi connectivity index (χ1) is 8.70. The molecule has 0 N–H and O–H groups in total. The van der Waals surface area contributed by atoms with E-state index < -0.39 is 4.92 Å². The third-order valence-electron chi connectivity index (χ3n) is 2.29. The highest BCUT2D eigenvalue weighted by atomic mass is 32.2. The Morgan fingerprint density at radius 3 is 2.44 bits per heavy atom. The average molecular weight is 259 g/mol. The van der Waals surface area contributed by atoms with Crippen molar-refractivity contribution in [2.45, 2.75) is 9.79 Å². The van der Waals surface area contributed by atoms with Crippen molar-refractivity contribution >= 4 is 23.7 Å². The minimum absolute atomic E-state index is 0.00875. The summed E-state index contributed by atoms with van der Waals surface area (Å²) in [6.07, 6.45) is 0.679. The molecule has 90 valence electrons. The van der Waals surface area contributed by atoms with E-state index in [-0.39, 0.29) is 5.69 Å². The van der Waals surface area contributed by atoms with Gasteiger partial charge in [-0.2, -0.15) is 0 Å². The molecule has 2 aromatic rings. The summed E-state index contributed by atoms with van der Waals surface area (Å²) in [7, 11) is 0. The first-order valence-electron chi connectivity index (χ1n) is 5.17. The second kappa shape index (κ2) is 5.46. The topological polar surface area (TPSA) is 60.2 Å². The standard InChI is InChI=1S/C13H9NO3S/c15-9-10-6-7-12(14(16)17)13(8-10)18-11-4-2-1-3-5-11/h1-9H. The van der Waals surface area contributed by atoms with Gasteiger partial charge in [-0.1, -0.05) is 30.0 Å². The van der Waals surface area contributed by atoms with Gasteiger partial charge < -0.3 is 0 Å². The number of carbonyl (C=O) groups excluding carboxylic acids is 1. The zero-order chi connectivity index (χ0) is 13.0. The molecule has 0 unspecified atom stereocenters. The summed E-state index contributed by atoms with van der Waals surface area (Å²) in [5.41, 5.74) is 0.438. The molecule has 0 saturated heterocycles. The molecule has 0 amide bonds. The van der Waals surface area contributed by atoms with Gasteiger partial charge in [0.25, 0.3) is 5.69 Å². The minimum Gasteiger partial charge on any atom is -0.298 e. The fraction of sp³-hybridized carbons (Fsp3) is 0. The molecule has 0 atom stereocenters. The first kappa shape index (κ1) is 12.3. The van der Waals surface area contributed by atoms with Crippen LogP contribution >= 0.6 is 11.8 Å². The van der Waals surface area contributed by atoms with Crippen molar-refractivity contribution in [3.05, 3.63) is 64.2 Å². The molecule has 0 aliphatic carbocycles. The predicted octanol–water partition coefficient (Wildman–Crippen LogP) is 3.56. The molecule has 0 fully saturated rings. The fourth-order valence-electron chi connectivity index (χ4n) is 1.45. The zero-order valence-corrected chi connectivity index (χ0v) is 10.1. The van der Waals surface area contributed by atoms with Gasteiger partial charge in [0.05, 0.1) is 9.82 Å². The van der Waals surface area contributed by atoms with Crippen molar-refractivity contribution in [3.8, 4) is 0 Å². The van der Waals surface area contributed by atoms with Gasteiger partial charge >= 0.3 is 0 Å². The van der Waals surface area contributed by atoms with Crippen LogP contribution in [0, 0.1) is 10.1 Å². The molecule has 0 saturated carbocycles. The van der Waals surface area contributed by atoms with E-state index in [4.69, 9.17) is 0 Å². The molecule has 0 aliphatic rings. The summed E-state index contributed by atoms with van der Waals surface area (Å²) in [5.74, 6) is 0. The zero-order valence-electron chi connectivity index (χ0n) is 9.28. The van der Waals surface area contributed by atoms with Gasteiger partial charge in [-0.15, -0.1) is 0 Å². The molecule has 18 heavy (non-hydrogen) atoms. The Kier molecular flexibility index (Phi) is 3.74. The molecule has 0 radical (unpaired) electrons. The van der Waals surface area contributed by atoms with Crippen molar-refractivity contribution in [2.24, 2.45) is 0 Å². The maximum absolute atomic E-state index is 10.9. The normalized spacial score (nSPS) is 10.0. The van der Waals surface area contributed by atoms with Gasteiger partial charge in [0.1, 0.15) is 6.29 Å². The van der Waals surface area contributed by atoms with Crippen LogP contribution in [0.1, 0.15) is 10.4 Å². The number of aldehydes is 1. The molecule has 0 aromatic heterocycles. The second-order valence-electron chi connectivity index (χ2n) is 3.52. The minimum atomic E-state index is -0.445. The van der Waals surface area contributed by atoms with E-state index in [1.54, 1.807) is 0 Å². The van der Waals surface area contributed by atoms with Crippen molar-refractivity contribution in [1.82, 2.24) is 0 Å². The predicted molar refractivity (Wildman–Crippen MR) is 69.0 cm³/mol. The number of hydrogen-bond acceptors (Lipinski definition) is 4. The van der Waals surface area contributed by atoms with Gasteiger partial charge in [-0.3, -0.25) is 14.9 Å². The summed E-state index contributed by atoms with van der Waals surface area (Å²) in [5, 5.41) is 10.9. The Labute approximate surface area is 108 Å². The highest BCUT2D eigenvalue weighted by Crippen LogP contribution is 2.34. The molecule has 0 bridgehead atoms. The van der Waals surface area contributed by atoms with E-state index >= 15 is 0 Å². The number of hydrogen-bond donors (Lipinski definition) is 0. The maximum atomic E-state index is 10.9. The highest BCUT2D eigenvalue weighted by Gasteiger charge is 2.15. The maximum Gasteiger partial charge on any atom is 0.283 e. The van der Waals surface area contributed by atoms with Gasteiger partial charge in [0, 0.05) is 16.5 Å². The lowest BCUT2D eigenvalue weighted by atomic mass is 10.2. The van der Waals surface area contributed by atoms with Crippen LogP contribution in [-0.4, -0.2) is 11.2 Å². The summed E-state index contributed by atoms with van der Waals surface area (Å²) in [6, 6.07) is 13.7. The lowest BCUT2D eigenvalue weighted by Crippen LogP contribution is -1.92. The van der Waals surface area contributed by atoms with Crippen molar-refractivity contribution in [3.63, 3.8) is 0 Å². The number of carbonyl (C=O) groups is 1. The fourth-order valence-corrected chi connectivity index (χ4v) is 2.44. The van der Waals surface area contributed by atoms with E-state index in [1.807, 2.05) is 30.3 Å². The van der Waals surface area contributed by atoms with Crippen molar-refractivity contribution in [2.75, 3.05) is 0 Å². The lowest BCUT2D eigenvalue weighted by molar-refractivity contribution is -0.387. The molecule has 2 rings (SSSR count). The number of rotatable bonds is 4. The Bertz CT molecular complexity index is 584. The van der Waals surface area contributed by atoms with Gasteiger partial charge in [-0.25, -0.2) is 0 Å². The Morgan fingerprint density at radius 1 is 1.11 bits per heavy atom. The summed E-state index contributed by atoms with van der Waals surface area (Å²) in [6.45, 7) is 0. The van der Waals surface area contributed by atoms with E-state index in [0.717, 1.165) is 4.90 Å². The van der Waals surface area contributed by atoms with Crippen LogP contribution in [0.5, 0.6) is 0 Å². The van der Waals surface area contributed by atoms with E-state index in [9.17, 15) is 14.9 Å². The number of nitro groups is 1. The van der Waals surface area contributed by atoms with Crippen LogP contribution < -0.4 is 0 Å². The molecule has 2 aromatic carbocycles. The Morgan fingerprint density at radius 2 is 1.83 bits per heavy atom. The number of benzene rings is 2. The third-order valence-corrected chi connectivity index (χ3v) is 3.34. The van der Waals surface area contributed by atoms with Crippen molar-refractivity contribution in [1.29, 1.82) is 0 Å². The molecule has 0 spiro atoms. The van der Waals surface area contributed by atoms with Gasteiger partial charge in [0.2, 0.25) is 0 Å². The van der Waals surface area contributed by atoms with Crippen LogP contribution in [-0.2, 0) is 0 Å². The number of nitro benzene ring substituents is 1. The van der Waals surface area contributed by atoms with Gasteiger partial charge in [0.15, 0.2) is 0 Å². The quantitative estimate of drug-likeness (QED) is 0.478. The van der Waals surface area contributed by atoms with E-state index in [1.165, 1.54) is 30.0 Å². The van der Waals surface area contributed by atoms with Crippen LogP contribution in [0.15, 0.2) is 58.3 Å². The highest BCUT2D eigenvalue weighted by molar-refractivity contribution is 7.99. The number of nitrogens with zero attached hydrogens (tertiary/aromatic N) is 1. The molecular weight excluding hydrogens is 250 g/mol.